The average Bonchev–Trinajstić information content (AvgIpc) is 3.18. The standard InChI is InChI=1S/C26H26BrN3O2/c1-2-19-11-13-22(14-12-19)32-16-6-15-30-24-10-4-3-9-23(24)29-25(30)18-28-26(31)20-7-5-8-21(27)17-20/h3-5,7-14,17H,2,6,15-16,18H2,1H3,(H,28,31). The van der Waals surface area contributed by atoms with Crippen molar-refractivity contribution in [2.75, 3.05) is 6.61 Å². The van der Waals surface area contributed by atoms with E-state index < -0.39 is 0 Å². The van der Waals surface area contributed by atoms with E-state index >= 15 is 0 Å². The Hall–Kier alpha value is -3.12. The fourth-order valence-corrected chi connectivity index (χ4v) is 4.03. The summed E-state index contributed by atoms with van der Waals surface area (Å²) in [5, 5.41) is 3.00. The van der Waals surface area contributed by atoms with E-state index in [0.717, 1.165) is 46.5 Å². The molecule has 1 N–H and O–H groups in total. The number of para-hydroxylation sites is 2. The Morgan fingerprint density at radius 2 is 1.88 bits per heavy atom. The second kappa shape index (κ2) is 10.5. The van der Waals surface area contributed by atoms with E-state index in [2.05, 4.69) is 50.9 Å². The van der Waals surface area contributed by atoms with Crippen LogP contribution in [0.4, 0.5) is 0 Å². The lowest BCUT2D eigenvalue weighted by Crippen LogP contribution is -2.25. The lowest BCUT2D eigenvalue weighted by atomic mass is 10.2. The molecule has 1 heterocycles. The minimum Gasteiger partial charge on any atom is -0.494 e. The van der Waals surface area contributed by atoms with Crippen molar-refractivity contribution >= 4 is 32.9 Å². The van der Waals surface area contributed by atoms with Crippen LogP contribution in [0.2, 0.25) is 0 Å². The van der Waals surface area contributed by atoms with Crippen molar-refractivity contribution in [1.82, 2.24) is 14.9 Å². The van der Waals surface area contributed by atoms with Gasteiger partial charge < -0.3 is 14.6 Å². The van der Waals surface area contributed by atoms with Gasteiger partial charge in [-0.3, -0.25) is 4.79 Å². The number of aryl methyl sites for hydroxylation is 2. The SMILES string of the molecule is CCc1ccc(OCCCn2c(CNC(=O)c3cccc(Br)c3)nc3ccccc32)cc1. The molecule has 0 bridgehead atoms. The number of hydrogen-bond donors (Lipinski definition) is 1. The number of halogens is 1. The first kappa shape index (κ1) is 22.1. The Bertz CT molecular complexity index is 1200. The van der Waals surface area contributed by atoms with Gasteiger partial charge in [-0.25, -0.2) is 4.98 Å². The van der Waals surface area contributed by atoms with Crippen LogP contribution >= 0.6 is 15.9 Å². The third-order valence-electron chi connectivity index (χ3n) is 5.35. The van der Waals surface area contributed by atoms with Crippen LogP contribution < -0.4 is 10.1 Å². The quantitative estimate of drug-likeness (QED) is 0.302. The number of benzene rings is 3. The van der Waals surface area contributed by atoms with Gasteiger partial charge in [-0.1, -0.05) is 53.2 Å². The first-order valence-electron chi connectivity index (χ1n) is 10.8. The van der Waals surface area contributed by atoms with Crippen LogP contribution in [0.1, 0.15) is 35.1 Å². The van der Waals surface area contributed by atoms with Gasteiger partial charge in [-0.05, 0) is 60.9 Å². The van der Waals surface area contributed by atoms with Crippen molar-refractivity contribution in [2.45, 2.75) is 32.9 Å². The maximum atomic E-state index is 12.6. The van der Waals surface area contributed by atoms with Crippen LogP contribution in [-0.4, -0.2) is 22.1 Å². The molecule has 0 aliphatic heterocycles. The number of nitrogens with one attached hydrogen (secondary N) is 1. The molecule has 0 saturated carbocycles. The summed E-state index contributed by atoms with van der Waals surface area (Å²) in [4.78, 5) is 17.3. The summed E-state index contributed by atoms with van der Waals surface area (Å²) in [5.74, 6) is 1.60. The predicted octanol–water partition coefficient (Wildman–Crippen LogP) is 5.76. The average molecular weight is 492 g/mol. The summed E-state index contributed by atoms with van der Waals surface area (Å²) in [5.41, 5.74) is 3.91. The van der Waals surface area contributed by atoms with Gasteiger partial charge in [0.25, 0.3) is 5.91 Å². The summed E-state index contributed by atoms with van der Waals surface area (Å²) in [6.07, 6.45) is 1.86. The highest BCUT2D eigenvalue weighted by Gasteiger charge is 2.12. The largest absolute Gasteiger partial charge is 0.494 e. The molecule has 5 nitrogen and oxygen atoms in total. The normalized spacial score (nSPS) is 10.9. The monoisotopic (exact) mass is 491 g/mol. The fourth-order valence-electron chi connectivity index (χ4n) is 3.64. The van der Waals surface area contributed by atoms with Crippen molar-refractivity contribution in [2.24, 2.45) is 0 Å². The molecule has 0 spiro atoms. The van der Waals surface area contributed by atoms with E-state index in [4.69, 9.17) is 9.72 Å². The Kier molecular flexibility index (Phi) is 7.22. The number of carbonyl (C=O) groups is 1. The number of hydrogen-bond acceptors (Lipinski definition) is 3. The second-order valence-electron chi connectivity index (χ2n) is 7.56. The van der Waals surface area contributed by atoms with E-state index in [1.807, 2.05) is 48.5 Å². The molecule has 0 aliphatic rings. The Labute approximate surface area is 196 Å². The van der Waals surface area contributed by atoms with Crippen molar-refractivity contribution in [3.05, 3.63) is 94.2 Å². The van der Waals surface area contributed by atoms with Gasteiger partial charge >= 0.3 is 0 Å². The highest BCUT2D eigenvalue weighted by atomic mass is 79.9. The van der Waals surface area contributed by atoms with E-state index in [-0.39, 0.29) is 5.91 Å². The van der Waals surface area contributed by atoms with Crippen LogP contribution in [0.25, 0.3) is 11.0 Å². The zero-order valence-electron chi connectivity index (χ0n) is 18.1. The number of fused-ring (bicyclic) bond motifs is 1. The Balaban J connectivity index is 1.41. The molecule has 32 heavy (non-hydrogen) atoms. The summed E-state index contributed by atoms with van der Waals surface area (Å²) in [6, 6.07) is 23.7. The van der Waals surface area contributed by atoms with Crippen LogP contribution in [0.3, 0.4) is 0 Å². The molecule has 0 unspecified atom stereocenters. The maximum Gasteiger partial charge on any atom is 0.251 e. The summed E-state index contributed by atoms with van der Waals surface area (Å²) >= 11 is 3.41. The molecule has 0 atom stereocenters. The number of ether oxygens (including phenoxy) is 1. The van der Waals surface area contributed by atoms with E-state index in [0.29, 0.717) is 18.7 Å². The number of amides is 1. The van der Waals surface area contributed by atoms with Gasteiger partial charge in [0.05, 0.1) is 24.2 Å². The predicted molar refractivity (Wildman–Crippen MR) is 131 cm³/mol. The first-order chi connectivity index (χ1) is 15.6. The molecule has 0 radical (unpaired) electrons. The maximum absolute atomic E-state index is 12.6. The van der Waals surface area contributed by atoms with Crippen LogP contribution in [0.5, 0.6) is 5.75 Å². The molecule has 4 rings (SSSR count). The highest BCUT2D eigenvalue weighted by molar-refractivity contribution is 9.10. The fraction of sp³-hybridized carbons (Fsp3) is 0.231. The minimum absolute atomic E-state index is 0.122. The second-order valence-corrected chi connectivity index (χ2v) is 8.48. The first-order valence-corrected chi connectivity index (χ1v) is 11.6. The van der Waals surface area contributed by atoms with Gasteiger partial charge in [-0.2, -0.15) is 0 Å². The molecule has 0 fully saturated rings. The van der Waals surface area contributed by atoms with Crippen LogP contribution in [0, 0.1) is 0 Å². The smallest absolute Gasteiger partial charge is 0.251 e. The molecule has 0 aliphatic carbocycles. The van der Waals surface area contributed by atoms with Crippen molar-refractivity contribution in [1.29, 1.82) is 0 Å². The number of carbonyl (C=O) groups excluding carboxylic acids is 1. The van der Waals surface area contributed by atoms with Gasteiger partial charge in [0, 0.05) is 16.6 Å². The van der Waals surface area contributed by atoms with Crippen LogP contribution in [0.15, 0.2) is 77.3 Å². The minimum atomic E-state index is -0.122. The molecule has 3 aromatic carbocycles. The molecule has 1 aromatic heterocycles. The Morgan fingerprint density at radius 1 is 1.06 bits per heavy atom. The third kappa shape index (κ3) is 5.37. The van der Waals surface area contributed by atoms with Gasteiger partial charge in [0.15, 0.2) is 0 Å². The van der Waals surface area contributed by atoms with Crippen molar-refractivity contribution in [3.8, 4) is 5.75 Å². The molecule has 164 valence electrons. The number of imidazole rings is 1. The summed E-state index contributed by atoms with van der Waals surface area (Å²) < 4.78 is 8.96. The molecule has 0 saturated heterocycles. The summed E-state index contributed by atoms with van der Waals surface area (Å²) in [6.45, 7) is 3.88. The molecular weight excluding hydrogens is 466 g/mol. The zero-order valence-corrected chi connectivity index (χ0v) is 19.6. The number of aromatic nitrogens is 2. The molecule has 4 aromatic rings. The Morgan fingerprint density at radius 3 is 2.66 bits per heavy atom. The molecular formula is C26H26BrN3O2. The lowest BCUT2D eigenvalue weighted by molar-refractivity contribution is 0.0949. The van der Waals surface area contributed by atoms with E-state index in [1.54, 1.807) is 6.07 Å². The third-order valence-corrected chi connectivity index (χ3v) is 5.85. The van der Waals surface area contributed by atoms with Crippen molar-refractivity contribution < 1.29 is 9.53 Å². The topological polar surface area (TPSA) is 56.1 Å². The van der Waals surface area contributed by atoms with Crippen molar-refractivity contribution in [3.63, 3.8) is 0 Å². The van der Waals surface area contributed by atoms with Crippen LogP contribution in [-0.2, 0) is 19.5 Å². The number of rotatable bonds is 9. The summed E-state index contributed by atoms with van der Waals surface area (Å²) in [7, 11) is 0. The molecule has 6 heteroatoms. The highest BCUT2D eigenvalue weighted by Crippen LogP contribution is 2.18. The van der Waals surface area contributed by atoms with E-state index in [1.165, 1.54) is 5.56 Å². The lowest BCUT2D eigenvalue weighted by Gasteiger charge is -2.11. The molecule has 1 amide bonds. The van der Waals surface area contributed by atoms with Gasteiger partial charge in [0.1, 0.15) is 11.6 Å². The zero-order chi connectivity index (χ0) is 22.3. The van der Waals surface area contributed by atoms with E-state index in [9.17, 15) is 4.79 Å². The van der Waals surface area contributed by atoms with Gasteiger partial charge in [0.2, 0.25) is 0 Å². The van der Waals surface area contributed by atoms with Gasteiger partial charge in [-0.15, -0.1) is 0 Å². The number of nitrogens with zero attached hydrogens (tertiary/aromatic N) is 2.